The van der Waals surface area contributed by atoms with Crippen molar-refractivity contribution in [3.63, 3.8) is 0 Å². The minimum Gasteiger partial charge on any atom is -0.273 e. The average molecular weight is 459 g/mol. The summed E-state index contributed by atoms with van der Waals surface area (Å²) < 4.78 is 28.5. The van der Waals surface area contributed by atoms with Gasteiger partial charge >= 0.3 is 0 Å². The molecule has 7 nitrogen and oxygen atoms in total. The van der Waals surface area contributed by atoms with Gasteiger partial charge in [-0.25, -0.2) is 13.4 Å². The first-order chi connectivity index (χ1) is 14.8. The van der Waals surface area contributed by atoms with E-state index in [0.29, 0.717) is 17.2 Å². The molecule has 2 aromatic carbocycles. The molecule has 0 unspecified atom stereocenters. The smallest absolute Gasteiger partial charge is 0.269 e. The van der Waals surface area contributed by atoms with Crippen molar-refractivity contribution >= 4 is 42.6 Å². The van der Waals surface area contributed by atoms with E-state index >= 15 is 0 Å². The number of hydrogen-bond acceptors (Lipinski definition) is 6. The number of benzene rings is 2. The van der Waals surface area contributed by atoms with E-state index in [1.165, 1.54) is 41.2 Å². The number of hydrazine groups is 1. The van der Waals surface area contributed by atoms with Crippen molar-refractivity contribution in [2.24, 2.45) is 0 Å². The standard InChI is InChI=1S/C22H26N4O3S2/c1-14-7-12-19-20(16(14)3)23-22(30-19)25-24-21(27)17-8-10-18(11-9-17)31(28,29)26-13-5-4-6-15(26)2/h7-12,15H,4-6,13H2,1-3H3,(H,23,25)(H,24,27)/t15-/m0/s1. The van der Waals surface area contributed by atoms with Gasteiger partial charge in [0.15, 0.2) is 0 Å². The highest BCUT2D eigenvalue weighted by molar-refractivity contribution is 7.89. The predicted octanol–water partition coefficient (Wildman–Crippen LogP) is 4.23. The number of aromatic nitrogens is 1. The summed E-state index contributed by atoms with van der Waals surface area (Å²) in [5.74, 6) is -0.359. The molecule has 2 N–H and O–H groups in total. The normalized spacial score (nSPS) is 17.6. The van der Waals surface area contributed by atoms with Gasteiger partial charge in [0.05, 0.1) is 15.1 Å². The highest BCUT2D eigenvalue weighted by Gasteiger charge is 2.30. The van der Waals surface area contributed by atoms with Gasteiger partial charge in [-0.1, -0.05) is 23.8 Å². The fourth-order valence-corrected chi connectivity index (χ4v) is 6.38. The molecular formula is C22H26N4O3S2. The summed E-state index contributed by atoms with van der Waals surface area (Å²) in [6, 6.07) is 10.1. The van der Waals surface area contributed by atoms with Crippen LogP contribution in [0.15, 0.2) is 41.3 Å². The van der Waals surface area contributed by atoms with Gasteiger partial charge in [0.1, 0.15) is 0 Å². The van der Waals surface area contributed by atoms with Crippen LogP contribution in [0.4, 0.5) is 5.13 Å². The van der Waals surface area contributed by atoms with Gasteiger partial charge < -0.3 is 0 Å². The first-order valence-electron chi connectivity index (χ1n) is 10.3. The van der Waals surface area contributed by atoms with Gasteiger partial charge in [-0.15, -0.1) is 0 Å². The van der Waals surface area contributed by atoms with Crippen LogP contribution in [0.3, 0.4) is 0 Å². The molecule has 1 aromatic heterocycles. The van der Waals surface area contributed by atoms with E-state index in [1.54, 1.807) is 4.31 Å². The van der Waals surface area contributed by atoms with Crippen molar-refractivity contribution in [1.82, 2.24) is 14.7 Å². The number of rotatable bonds is 5. The zero-order valence-electron chi connectivity index (χ0n) is 17.8. The number of hydrogen-bond donors (Lipinski definition) is 2. The number of piperidine rings is 1. The third kappa shape index (κ3) is 4.30. The van der Waals surface area contributed by atoms with Crippen LogP contribution in [-0.2, 0) is 10.0 Å². The molecule has 1 fully saturated rings. The molecule has 1 amide bonds. The number of amides is 1. The van der Waals surface area contributed by atoms with E-state index in [1.807, 2.05) is 26.8 Å². The van der Waals surface area contributed by atoms with E-state index in [4.69, 9.17) is 0 Å². The Labute approximate surface area is 186 Å². The Hall–Kier alpha value is -2.49. The number of fused-ring (bicyclic) bond motifs is 1. The van der Waals surface area contributed by atoms with Crippen LogP contribution >= 0.6 is 11.3 Å². The van der Waals surface area contributed by atoms with Crippen molar-refractivity contribution in [1.29, 1.82) is 0 Å². The Morgan fingerprint density at radius 2 is 1.87 bits per heavy atom. The zero-order valence-corrected chi connectivity index (χ0v) is 19.4. The molecule has 9 heteroatoms. The quantitative estimate of drug-likeness (QED) is 0.558. The van der Waals surface area contributed by atoms with Gasteiger partial charge in [-0.2, -0.15) is 4.31 Å². The SMILES string of the molecule is Cc1ccc2sc(NNC(=O)c3ccc(S(=O)(=O)N4CCCC[C@@H]4C)cc3)nc2c1C. The lowest BCUT2D eigenvalue weighted by Crippen LogP contribution is -2.41. The summed E-state index contributed by atoms with van der Waals surface area (Å²) in [5, 5.41) is 0.593. The van der Waals surface area contributed by atoms with E-state index < -0.39 is 10.0 Å². The third-order valence-corrected chi connectivity index (χ3v) is 8.80. The maximum atomic E-state index is 12.9. The van der Waals surface area contributed by atoms with E-state index in [9.17, 15) is 13.2 Å². The molecule has 164 valence electrons. The summed E-state index contributed by atoms with van der Waals surface area (Å²) in [7, 11) is -3.55. The van der Waals surface area contributed by atoms with Gasteiger partial charge in [0.2, 0.25) is 15.2 Å². The fraction of sp³-hybridized carbons (Fsp3) is 0.364. The first-order valence-corrected chi connectivity index (χ1v) is 12.6. The predicted molar refractivity (Wildman–Crippen MR) is 124 cm³/mol. The third-order valence-electron chi connectivity index (χ3n) is 5.83. The number of sulfonamides is 1. The largest absolute Gasteiger partial charge is 0.273 e. The van der Waals surface area contributed by atoms with Gasteiger partial charge in [0, 0.05) is 18.2 Å². The Bertz CT molecular complexity index is 1220. The minimum atomic E-state index is -3.55. The molecule has 1 aliphatic rings. The lowest BCUT2D eigenvalue weighted by atomic mass is 10.1. The second-order valence-electron chi connectivity index (χ2n) is 7.94. The highest BCUT2D eigenvalue weighted by Crippen LogP contribution is 2.29. The monoisotopic (exact) mass is 458 g/mol. The van der Waals surface area contributed by atoms with Crippen LogP contribution in [0.5, 0.6) is 0 Å². The Balaban J connectivity index is 1.44. The molecule has 0 saturated carbocycles. The number of nitrogens with zero attached hydrogens (tertiary/aromatic N) is 2. The average Bonchev–Trinajstić information content (AvgIpc) is 3.19. The van der Waals surface area contributed by atoms with Crippen molar-refractivity contribution in [2.75, 3.05) is 12.0 Å². The molecule has 0 aliphatic carbocycles. The minimum absolute atomic E-state index is 0.00726. The van der Waals surface area contributed by atoms with Crippen LogP contribution < -0.4 is 10.9 Å². The zero-order chi connectivity index (χ0) is 22.2. The molecule has 1 atom stereocenters. The summed E-state index contributed by atoms with van der Waals surface area (Å²) in [5.41, 5.74) is 9.07. The molecule has 1 aliphatic heterocycles. The van der Waals surface area contributed by atoms with Gasteiger partial charge in [0.25, 0.3) is 5.91 Å². The van der Waals surface area contributed by atoms with Crippen molar-refractivity contribution in [3.8, 4) is 0 Å². The summed E-state index contributed by atoms with van der Waals surface area (Å²) in [4.78, 5) is 17.3. The molecular weight excluding hydrogens is 432 g/mol. The number of carbonyl (C=O) groups excluding carboxylic acids is 1. The number of carbonyl (C=O) groups is 1. The van der Waals surface area contributed by atoms with Crippen LogP contribution in [0, 0.1) is 13.8 Å². The van der Waals surface area contributed by atoms with Crippen LogP contribution in [0.25, 0.3) is 10.2 Å². The lowest BCUT2D eigenvalue weighted by molar-refractivity contribution is 0.0962. The Kier molecular flexibility index (Phi) is 6.00. The highest BCUT2D eigenvalue weighted by atomic mass is 32.2. The van der Waals surface area contributed by atoms with Crippen LogP contribution in [0.1, 0.15) is 47.7 Å². The number of nitrogens with one attached hydrogen (secondary N) is 2. The van der Waals surface area contributed by atoms with Gasteiger partial charge in [-0.3, -0.25) is 15.6 Å². The number of aryl methyl sites for hydroxylation is 2. The molecule has 31 heavy (non-hydrogen) atoms. The molecule has 0 bridgehead atoms. The Morgan fingerprint density at radius 1 is 1.13 bits per heavy atom. The second-order valence-corrected chi connectivity index (χ2v) is 10.9. The molecule has 3 aromatic rings. The maximum Gasteiger partial charge on any atom is 0.269 e. The fourth-order valence-electron chi connectivity index (χ4n) is 3.80. The molecule has 0 radical (unpaired) electrons. The van der Waals surface area contributed by atoms with E-state index in [-0.39, 0.29) is 16.8 Å². The molecule has 2 heterocycles. The lowest BCUT2D eigenvalue weighted by Gasteiger charge is -2.32. The first kappa shape index (κ1) is 21.7. The second kappa shape index (κ2) is 8.57. The van der Waals surface area contributed by atoms with E-state index in [0.717, 1.165) is 35.0 Å². The summed E-state index contributed by atoms with van der Waals surface area (Å²) in [6.45, 7) is 6.55. The Morgan fingerprint density at radius 3 is 2.58 bits per heavy atom. The van der Waals surface area contributed by atoms with Crippen molar-refractivity contribution < 1.29 is 13.2 Å². The number of thiazole rings is 1. The van der Waals surface area contributed by atoms with Crippen LogP contribution in [-0.4, -0.2) is 36.2 Å². The topological polar surface area (TPSA) is 91.4 Å². The summed E-state index contributed by atoms with van der Waals surface area (Å²) >= 11 is 1.46. The van der Waals surface area contributed by atoms with Crippen LogP contribution in [0.2, 0.25) is 0 Å². The van der Waals surface area contributed by atoms with Gasteiger partial charge in [-0.05, 0) is 75.1 Å². The van der Waals surface area contributed by atoms with Crippen molar-refractivity contribution in [3.05, 3.63) is 53.1 Å². The molecule has 0 spiro atoms. The molecule has 4 rings (SSSR count). The number of anilines is 1. The van der Waals surface area contributed by atoms with E-state index in [2.05, 4.69) is 21.9 Å². The summed E-state index contributed by atoms with van der Waals surface area (Å²) in [6.07, 6.45) is 2.80. The van der Waals surface area contributed by atoms with Crippen molar-refractivity contribution in [2.45, 2.75) is 51.0 Å². The maximum absolute atomic E-state index is 12.9. The molecule has 1 saturated heterocycles.